The van der Waals surface area contributed by atoms with Crippen molar-refractivity contribution >= 4 is 0 Å². The van der Waals surface area contributed by atoms with Crippen molar-refractivity contribution in [3.8, 4) is 5.75 Å². The van der Waals surface area contributed by atoms with Gasteiger partial charge in [-0.15, -0.1) is 0 Å². The molecule has 0 aliphatic carbocycles. The lowest BCUT2D eigenvalue weighted by molar-refractivity contribution is 0.317. The largest absolute Gasteiger partial charge is 0.494 e. The van der Waals surface area contributed by atoms with Gasteiger partial charge in [-0.25, -0.2) is 4.39 Å². The molecule has 0 spiro atoms. The number of benzene rings is 2. The van der Waals surface area contributed by atoms with E-state index in [1.165, 1.54) is 6.07 Å². The number of hydrogen-bond donors (Lipinski definition) is 1. The molecule has 0 radical (unpaired) electrons. The average molecular weight is 287 g/mol. The monoisotopic (exact) mass is 287 g/mol. The van der Waals surface area contributed by atoms with Crippen LogP contribution in [0.15, 0.2) is 42.5 Å². The predicted octanol–water partition coefficient (Wildman–Crippen LogP) is 4.23. The normalized spacial score (nSPS) is 12.2. The molecular formula is C18H22FNO. The fourth-order valence-corrected chi connectivity index (χ4v) is 2.44. The maximum atomic E-state index is 13.3. The highest BCUT2D eigenvalue weighted by Crippen LogP contribution is 2.26. The van der Waals surface area contributed by atoms with Crippen LogP contribution >= 0.6 is 0 Å². The van der Waals surface area contributed by atoms with Gasteiger partial charge in [-0.05, 0) is 61.3 Å². The van der Waals surface area contributed by atoms with Crippen molar-refractivity contribution in [2.75, 3.05) is 13.7 Å². The molecule has 0 saturated heterocycles. The Morgan fingerprint density at radius 1 is 1.14 bits per heavy atom. The number of nitrogens with one attached hydrogen (secondary N) is 1. The quantitative estimate of drug-likeness (QED) is 0.858. The van der Waals surface area contributed by atoms with Crippen molar-refractivity contribution < 1.29 is 9.13 Å². The zero-order valence-electron chi connectivity index (χ0n) is 12.8. The highest BCUT2D eigenvalue weighted by molar-refractivity contribution is 5.39. The number of ether oxygens (including phenoxy) is 1. The van der Waals surface area contributed by atoms with Crippen molar-refractivity contribution in [2.24, 2.45) is 0 Å². The van der Waals surface area contributed by atoms with E-state index in [1.807, 2.05) is 32.2 Å². The van der Waals surface area contributed by atoms with Crippen molar-refractivity contribution in [2.45, 2.75) is 26.3 Å². The first-order chi connectivity index (χ1) is 10.2. The van der Waals surface area contributed by atoms with Gasteiger partial charge in [0.1, 0.15) is 11.6 Å². The van der Waals surface area contributed by atoms with Crippen LogP contribution in [0.5, 0.6) is 5.75 Å². The van der Waals surface area contributed by atoms with Crippen molar-refractivity contribution in [1.82, 2.24) is 5.32 Å². The molecule has 1 N–H and O–H groups in total. The Morgan fingerprint density at radius 2 is 1.86 bits per heavy atom. The molecule has 2 aromatic carbocycles. The molecule has 21 heavy (non-hydrogen) atoms. The van der Waals surface area contributed by atoms with Crippen LogP contribution in [-0.4, -0.2) is 13.7 Å². The summed E-state index contributed by atoms with van der Waals surface area (Å²) in [5, 5.41) is 3.29. The van der Waals surface area contributed by atoms with Crippen molar-refractivity contribution in [3.63, 3.8) is 0 Å². The number of halogens is 1. The molecule has 2 aromatic rings. The first kappa shape index (κ1) is 15.5. The van der Waals surface area contributed by atoms with Crippen LogP contribution in [0, 0.1) is 12.7 Å². The van der Waals surface area contributed by atoms with Crippen LogP contribution in [0.1, 0.15) is 36.1 Å². The highest BCUT2D eigenvalue weighted by atomic mass is 19.1. The van der Waals surface area contributed by atoms with Gasteiger partial charge in [0.25, 0.3) is 0 Å². The van der Waals surface area contributed by atoms with Crippen molar-refractivity contribution in [3.05, 3.63) is 65.0 Å². The highest BCUT2D eigenvalue weighted by Gasteiger charge is 2.14. The fraction of sp³-hybridized carbons (Fsp3) is 0.333. The summed E-state index contributed by atoms with van der Waals surface area (Å²) in [4.78, 5) is 0. The second-order valence-electron chi connectivity index (χ2n) is 5.14. The summed E-state index contributed by atoms with van der Waals surface area (Å²) in [6, 6.07) is 13.0. The third-order valence-electron chi connectivity index (χ3n) is 3.52. The Hall–Kier alpha value is -1.87. The lowest BCUT2D eigenvalue weighted by Gasteiger charge is -2.20. The molecule has 0 fully saturated rings. The van der Waals surface area contributed by atoms with E-state index in [2.05, 4.69) is 24.4 Å². The SMILES string of the molecule is CCCOc1ccc(C(NC)c2ccc(F)cc2C)cc1. The van der Waals surface area contributed by atoms with Crippen molar-refractivity contribution in [1.29, 1.82) is 0 Å². The Morgan fingerprint density at radius 3 is 2.43 bits per heavy atom. The molecule has 1 atom stereocenters. The third kappa shape index (κ3) is 3.82. The number of hydrogen-bond acceptors (Lipinski definition) is 2. The topological polar surface area (TPSA) is 21.3 Å². The summed E-state index contributed by atoms with van der Waals surface area (Å²) in [5.41, 5.74) is 3.16. The molecule has 2 nitrogen and oxygen atoms in total. The molecule has 0 aliphatic heterocycles. The maximum absolute atomic E-state index is 13.3. The molecular weight excluding hydrogens is 265 g/mol. The minimum Gasteiger partial charge on any atom is -0.494 e. The Bertz CT molecular complexity index is 580. The van der Waals surface area contributed by atoms with Crippen LogP contribution in [-0.2, 0) is 0 Å². The summed E-state index contributed by atoms with van der Waals surface area (Å²) in [6.07, 6.45) is 0.996. The van der Waals surface area contributed by atoms with Gasteiger partial charge in [-0.1, -0.05) is 25.1 Å². The molecule has 0 aliphatic rings. The summed E-state index contributed by atoms with van der Waals surface area (Å²) in [5.74, 6) is 0.681. The first-order valence-corrected chi connectivity index (χ1v) is 7.31. The van der Waals surface area contributed by atoms with Crippen LogP contribution < -0.4 is 10.1 Å². The summed E-state index contributed by atoms with van der Waals surface area (Å²) in [7, 11) is 1.91. The second kappa shape index (κ2) is 7.23. The van der Waals surface area contributed by atoms with E-state index in [0.29, 0.717) is 0 Å². The average Bonchev–Trinajstić information content (AvgIpc) is 2.49. The van der Waals surface area contributed by atoms with E-state index in [0.717, 1.165) is 35.5 Å². The van der Waals surface area contributed by atoms with Gasteiger partial charge in [0.05, 0.1) is 12.6 Å². The van der Waals surface area contributed by atoms with Crippen LogP contribution in [0.25, 0.3) is 0 Å². The molecule has 0 bridgehead atoms. The van der Waals surface area contributed by atoms with Gasteiger partial charge < -0.3 is 10.1 Å². The Kier molecular flexibility index (Phi) is 5.34. The summed E-state index contributed by atoms with van der Waals surface area (Å²) >= 11 is 0. The van der Waals surface area contributed by atoms with E-state index >= 15 is 0 Å². The molecule has 0 saturated carbocycles. The van der Waals surface area contributed by atoms with Gasteiger partial charge in [-0.2, -0.15) is 0 Å². The third-order valence-corrected chi connectivity index (χ3v) is 3.52. The molecule has 0 amide bonds. The minimum absolute atomic E-state index is 0.0471. The van der Waals surface area contributed by atoms with Gasteiger partial charge >= 0.3 is 0 Å². The fourth-order valence-electron chi connectivity index (χ4n) is 2.44. The molecule has 0 heterocycles. The van der Waals surface area contributed by atoms with E-state index in [1.54, 1.807) is 6.07 Å². The lowest BCUT2D eigenvalue weighted by atomic mass is 9.95. The van der Waals surface area contributed by atoms with Gasteiger partial charge in [0.2, 0.25) is 0 Å². The smallest absolute Gasteiger partial charge is 0.123 e. The second-order valence-corrected chi connectivity index (χ2v) is 5.14. The zero-order chi connectivity index (χ0) is 15.2. The molecule has 0 aromatic heterocycles. The Labute approximate surface area is 126 Å². The minimum atomic E-state index is -0.200. The lowest BCUT2D eigenvalue weighted by Crippen LogP contribution is -2.18. The van der Waals surface area contributed by atoms with Gasteiger partial charge in [0.15, 0.2) is 0 Å². The molecule has 1 unspecified atom stereocenters. The number of aryl methyl sites for hydroxylation is 1. The van der Waals surface area contributed by atoms with Gasteiger partial charge in [0, 0.05) is 0 Å². The Balaban J connectivity index is 2.24. The van der Waals surface area contributed by atoms with E-state index < -0.39 is 0 Å². The van der Waals surface area contributed by atoms with Gasteiger partial charge in [-0.3, -0.25) is 0 Å². The number of rotatable bonds is 6. The molecule has 112 valence electrons. The van der Waals surface area contributed by atoms with E-state index in [4.69, 9.17) is 4.74 Å². The first-order valence-electron chi connectivity index (χ1n) is 7.31. The maximum Gasteiger partial charge on any atom is 0.123 e. The summed E-state index contributed by atoms with van der Waals surface area (Å²) < 4.78 is 18.9. The molecule has 3 heteroatoms. The van der Waals surface area contributed by atoms with Crippen LogP contribution in [0.2, 0.25) is 0 Å². The van der Waals surface area contributed by atoms with E-state index in [9.17, 15) is 4.39 Å². The molecule has 2 rings (SSSR count). The van der Waals surface area contributed by atoms with Crippen LogP contribution in [0.3, 0.4) is 0 Å². The summed E-state index contributed by atoms with van der Waals surface area (Å²) in [6.45, 7) is 4.75. The predicted molar refractivity (Wildman–Crippen MR) is 84.3 cm³/mol. The zero-order valence-corrected chi connectivity index (χ0v) is 12.8. The standard InChI is InChI=1S/C18H22FNO/c1-4-11-21-16-8-5-14(6-9-16)18(20-3)17-10-7-15(19)12-13(17)2/h5-10,12,18,20H,4,11H2,1-3H3. The van der Waals surface area contributed by atoms with E-state index in [-0.39, 0.29) is 11.9 Å². The van der Waals surface area contributed by atoms with Crippen LogP contribution in [0.4, 0.5) is 4.39 Å².